The molecule has 14 heavy (non-hydrogen) atoms. The predicted molar refractivity (Wildman–Crippen MR) is 55.0 cm³/mol. The number of allylic oxidation sites excluding steroid dienone is 1. The molecule has 0 bridgehead atoms. The van der Waals surface area contributed by atoms with Gasteiger partial charge in [0, 0.05) is 19.6 Å². The van der Waals surface area contributed by atoms with Gasteiger partial charge < -0.3 is 15.2 Å². The van der Waals surface area contributed by atoms with Crippen molar-refractivity contribution < 1.29 is 14.6 Å². The summed E-state index contributed by atoms with van der Waals surface area (Å²) in [5, 5.41) is 11.2. The Balaban J connectivity index is 3.10. The highest BCUT2D eigenvalue weighted by atomic mass is 16.5. The van der Waals surface area contributed by atoms with Crippen LogP contribution in [-0.4, -0.2) is 37.4 Å². The van der Waals surface area contributed by atoms with E-state index >= 15 is 0 Å². The fourth-order valence-corrected chi connectivity index (χ4v) is 0.890. The summed E-state index contributed by atoms with van der Waals surface area (Å²) in [5.74, 6) is 0.0482. The van der Waals surface area contributed by atoms with Crippen LogP contribution in [0.2, 0.25) is 0 Å². The molecule has 0 aromatic carbocycles. The highest BCUT2D eigenvalue weighted by Gasteiger charge is 1.97. The molecule has 2 N–H and O–H groups in total. The molecule has 0 aliphatic heterocycles. The number of aliphatic hydroxyl groups excluding tert-OH is 1. The van der Waals surface area contributed by atoms with E-state index in [0.29, 0.717) is 32.6 Å². The summed E-state index contributed by atoms with van der Waals surface area (Å²) in [6.45, 7) is 5.15. The molecule has 0 unspecified atom stereocenters. The summed E-state index contributed by atoms with van der Waals surface area (Å²) in [6.07, 6.45) is 3.72. The first kappa shape index (κ1) is 13.1. The lowest BCUT2D eigenvalue weighted by Gasteiger charge is -2.04. The standard InChI is InChI=1S/C10H19NO3/c1-2-3-5-10(13)11-6-4-8-14-9-7-12/h2,12H,1,3-9H2,(H,11,13). The van der Waals surface area contributed by atoms with Crippen LogP contribution in [0.1, 0.15) is 19.3 Å². The maximum atomic E-state index is 11.1. The fraction of sp³-hybridized carbons (Fsp3) is 0.700. The van der Waals surface area contributed by atoms with E-state index in [-0.39, 0.29) is 12.5 Å². The summed E-state index contributed by atoms with van der Waals surface area (Å²) in [4.78, 5) is 11.1. The maximum Gasteiger partial charge on any atom is 0.220 e. The Morgan fingerprint density at radius 2 is 2.29 bits per heavy atom. The average Bonchev–Trinajstić information content (AvgIpc) is 2.20. The molecule has 0 heterocycles. The van der Waals surface area contributed by atoms with Crippen LogP contribution in [0.3, 0.4) is 0 Å². The number of ether oxygens (including phenoxy) is 1. The van der Waals surface area contributed by atoms with E-state index in [9.17, 15) is 4.79 Å². The van der Waals surface area contributed by atoms with E-state index in [4.69, 9.17) is 9.84 Å². The maximum absolute atomic E-state index is 11.1. The summed E-state index contributed by atoms with van der Waals surface area (Å²) >= 11 is 0. The van der Waals surface area contributed by atoms with Crippen LogP contribution in [0.25, 0.3) is 0 Å². The predicted octanol–water partition coefficient (Wildman–Crippen LogP) is 0.468. The van der Waals surface area contributed by atoms with Crippen molar-refractivity contribution in [2.24, 2.45) is 0 Å². The molecule has 0 aliphatic carbocycles. The van der Waals surface area contributed by atoms with Crippen LogP contribution in [-0.2, 0) is 9.53 Å². The van der Waals surface area contributed by atoms with Gasteiger partial charge in [-0.1, -0.05) is 6.08 Å². The van der Waals surface area contributed by atoms with E-state index in [2.05, 4.69) is 11.9 Å². The van der Waals surface area contributed by atoms with Gasteiger partial charge in [-0.15, -0.1) is 6.58 Å². The zero-order chi connectivity index (χ0) is 10.6. The van der Waals surface area contributed by atoms with Gasteiger partial charge in [0.1, 0.15) is 0 Å². The molecule has 1 amide bonds. The molecule has 0 saturated carbocycles. The smallest absolute Gasteiger partial charge is 0.220 e. The van der Waals surface area contributed by atoms with E-state index in [1.807, 2.05) is 0 Å². The average molecular weight is 201 g/mol. The zero-order valence-corrected chi connectivity index (χ0v) is 8.50. The first-order valence-corrected chi connectivity index (χ1v) is 4.87. The summed E-state index contributed by atoms with van der Waals surface area (Å²) in [5.41, 5.74) is 0. The Morgan fingerprint density at radius 3 is 2.93 bits per heavy atom. The fourth-order valence-electron chi connectivity index (χ4n) is 0.890. The van der Waals surface area contributed by atoms with E-state index in [0.717, 1.165) is 6.42 Å². The van der Waals surface area contributed by atoms with Gasteiger partial charge in [-0.3, -0.25) is 4.79 Å². The van der Waals surface area contributed by atoms with Crippen LogP contribution >= 0.6 is 0 Å². The largest absolute Gasteiger partial charge is 0.394 e. The number of carbonyl (C=O) groups is 1. The van der Waals surface area contributed by atoms with E-state index in [1.54, 1.807) is 6.08 Å². The minimum Gasteiger partial charge on any atom is -0.394 e. The number of nitrogens with one attached hydrogen (secondary N) is 1. The van der Waals surface area contributed by atoms with Crippen molar-refractivity contribution >= 4 is 5.91 Å². The van der Waals surface area contributed by atoms with Crippen molar-refractivity contribution in [2.75, 3.05) is 26.4 Å². The molecule has 0 aromatic rings. The second-order valence-corrected chi connectivity index (χ2v) is 2.87. The van der Waals surface area contributed by atoms with Crippen LogP contribution in [0.4, 0.5) is 0 Å². The van der Waals surface area contributed by atoms with Gasteiger partial charge in [-0.2, -0.15) is 0 Å². The quantitative estimate of drug-likeness (QED) is 0.421. The highest BCUT2D eigenvalue weighted by molar-refractivity contribution is 5.75. The molecule has 0 spiro atoms. The van der Waals surface area contributed by atoms with Gasteiger partial charge in [0.25, 0.3) is 0 Å². The molecule has 4 nitrogen and oxygen atoms in total. The van der Waals surface area contributed by atoms with Crippen molar-refractivity contribution in [1.29, 1.82) is 0 Å². The molecule has 82 valence electrons. The molecule has 0 radical (unpaired) electrons. The molecular formula is C10H19NO3. The van der Waals surface area contributed by atoms with Crippen molar-refractivity contribution in [3.8, 4) is 0 Å². The number of amides is 1. The van der Waals surface area contributed by atoms with Crippen LogP contribution in [0.15, 0.2) is 12.7 Å². The summed E-state index contributed by atoms with van der Waals surface area (Å²) in [6, 6.07) is 0. The number of hydrogen-bond acceptors (Lipinski definition) is 3. The summed E-state index contributed by atoms with van der Waals surface area (Å²) in [7, 11) is 0. The van der Waals surface area contributed by atoms with Gasteiger partial charge in [-0.05, 0) is 12.8 Å². The van der Waals surface area contributed by atoms with Gasteiger partial charge in [-0.25, -0.2) is 0 Å². The van der Waals surface area contributed by atoms with E-state index < -0.39 is 0 Å². The number of hydrogen-bond donors (Lipinski definition) is 2. The van der Waals surface area contributed by atoms with Crippen molar-refractivity contribution in [3.63, 3.8) is 0 Å². The third-order valence-electron chi connectivity index (χ3n) is 1.60. The molecule has 4 heteroatoms. The molecule has 0 rings (SSSR count). The first-order valence-electron chi connectivity index (χ1n) is 4.87. The number of rotatable bonds is 9. The topological polar surface area (TPSA) is 58.6 Å². The Morgan fingerprint density at radius 1 is 1.50 bits per heavy atom. The van der Waals surface area contributed by atoms with E-state index in [1.165, 1.54) is 0 Å². The Hall–Kier alpha value is -0.870. The molecular weight excluding hydrogens is 182 g/mol. The Kier molecular flexibility index (Phi) is 9.58. The van der Waals surface area contributed by atoms with Gasteiger partial charge in [0.15, 0.2) is 0 Å². The molecule has 0 saturated heterocycles. The number of carbonyl (C=O) groups excluding carboxylic acids is 1. The van der Waals surface area contributed by atoms with Crippen LogP contribution < -0.4 is 5.32 Å². The molecule has 0 aromatic heterocycles. The van der Waals surface area contributed by atoms with Crippen molar-refractivity contribution in [1.82, 2.24) is 5.32 Å². The van der Waals surface area contributed by atoms with Gasteiger partial charge in [0.2, 0.25) is 5.91 Å². The minimum absolute atomic E-state index is 0.0473. The lowest BCUT2D eigenvalue weighted by Crippen LogP contribution is -2.24. The second kappa shape index (κ2) is 10.2. The Labute approximate surface area is 85.0 Å². The van der Waals surface area contributed by atoms with Crippen LogP contribution in [0, 0.1) is 0 Å². The third-order valence-corrected chi connectivity index (χ3v) is 1.60. The molecule has 0 atom stereocenters. The lowest BCUT2D eigenvalue weighted by molar-refractivity contribution is -0.121. The number of aliphatic hydroxyl groups is 1. The van der Waals surface area contributed by atoms with Crippen LogP contribution in [0.5, 0.6) is 0 Å². The van der Waals surface area contributed by atoms with Crippen molar-refractivity contribution in [2.45, 2.75) is 19.3 Å². The van der Waals surface area contributed by atoms with Crippen molar-refractivity contribution in [3.05, 3.63) is 12.7 Å². The SMILES string of the molecule is C=CCCC(=O)NCCCOCCO. The third kappa shape index (κ3) is 9.22. The highest BCUT2D eigenvalue weighted by Crippen LogP contribution is 1.89. The molecule has 0 aliphatic rings. The Bertz CT molecular complexity index is 159. The van der Waals surface area contributed by atoms with Gasteiger partial charge in [0.05, 0.1) is 13.2 Å². The second-order valence-electron chi connectivity index (χ2n) is 2.87. The minimum atomic E-state index is 0.0473. The first-order chi connectivity index (χ1) is 6.81. The van der Waals surface area contributed by atoms with Gasteiger partial charge >= 0.3 is 0 Å². The summed E-state index contributed by atoms with van der Waals surface area (Å²) < 4.78 is 5.03. The normalized spacial score (nSPS) is 9.79. The molecule has 0 fully saturated rings. The lowest BCUT2D eigenvalue weighted by atomic mass is 10.3. The zero-order valence-electron chi connectivity index (χ0n) is 8.50. The monoisotopic (exact) mass is 201 g/mol.